The second-order valence-electron chi connectivity index (χ2n) is 4.10. The summed E-state index contributed by atoms with van der Waals surface area (Å²) in [5.74, 6) is 1.66. The van der Waals surface area contributed by atoms with Crippen molar-refractivity contribution >= 4 is 5.82 Å². The number of rotatable bonds is 2. The molecular formula is C11H17N3. The molecule has 3 heteroatoms. The van der Waals surface area contributed by atoms with E-state index < -0.39 is 0 Å². The normalized spacial score (nSPS) is 27.2. The standard InChI is InChI=1S/C11H17N3/c1-9-4-2-3-5-10(9)14-11-8-12-6-7-13-11/h6-10H,2-5H2,1H3,(H,13,14). The van der Waals surface area contributed by atoms with Crippen LogP contribution >= 0.6 is 0 Å². The Kier molecular flexibility index (Phi) is 2.96. The van der Waals surface area contributed by atoms with Crippen LogP contribution in [-0.2, 0) is 0 Å². The molecular weight excluding hydrogens is 174 g/mol. The number of hydrogen-bond donors (Lipinski definition) is 1. The van der Waals surface area contributed by atoms with Gasteiger partial charge in [0.1, 0.15) is 5.82 Å². The lowest BCUT2D eigenvalue weighted by atomic mass is 9.86. The Morgan fingerprint density at radius 3 is 2.86 bits per heavy atom. The van der Waals surface area contributed by atoms with E-state index in [1.165, 1.54) is 25.7 Å². The van der Waals surface area contributed by atoms with E-state index in [1.54, 1.807) is 18.6 Å². The monoisotopic (exact) mass is 191 g/mol. The third kappa shape index (κ3) is 2.22. The Morgan fingerprint density at radius 2 is 2.14 bits per heavy atom. The van der Waals surface area contributed by atoms with Crippen molar-refractivity contribution in [2.45, 2.75) is 38.6 Å². The smallest absolute Gasteiger partial charge is 0.144 e. The van der Waals surface area contributed by atoms with Crippen molar-refractivity contribution in [2.24, 2.45) is 5.92 Å². The molecule has 1 aromatic heterocycles. The van der Waals surface area contributed by atoms with E-state index in [4.69, 9.17) is 0 Å². The predicted octanol–water partition coefficient (Wildman–Crippen LogP) is 2.47. The van der Waals surface area contributed by atoms with E-state index in [9.17, 15) is 0 Å². The van der Waals surface area contributed by atoms with Crippen LogP contribution in [0.1, 0.15) is 32.6 Å². The average molecular weight is 191 g/mol. The van der Waals surface area contributed by atoms with Gasteiger partial charge in [-0.15, -0.1) is 0 Å². The minimum Gasteiger partial charge on any atom is -0.366 e. The van der Waals surface area contributed by atoms with Crippen molar-refractivity contribution in [3.63, 3.8) is 0 Å². The van der Waals surface area contributed by atoms with Crippen LogP contribution < -0.4 is 5.32 Å². The fraction of sp³-hybridized carbons (Fsp3) is 0.636. The zero-order chi connectivity index (χ0) is 9.80. The quantitative estimate of drug-likeness (QED) is 0.780. The van der Waals surface area contributed by atoms with Gasteiger partial charge in [-0.3, -0.25) is 4.98 Å². The molecule has 1 aromatic rings. The predicted molar refractivity (Wildman–Crippen MR) is 57.1 cm³/mol. The highest BCUT2D eigenvalue weighted by atomic mass is 15.0. The summed E-state index contributed by atoms with van der Waals surface area (Å²) in [6, 6.07) is 0.584. The second kappa shape index (κ2) is 4.40. The molecule has 2 rings (SSSR count). The van der Waals surface area contributed by atoms with Gasteiger partial charge in [0, 0.05) is 18.4 Å². The van der Waals surface area contributed by atoms with Crippen LogP contribution in [0.5, 0.6) is 0 Å². The minimum atomic E-state index is 0.584. The van der Waals surface area contributed by atoms with E-state index in [-0.39, 0.29) is 0 Å². The summed E-state index contributed by atoms with van der Waals surface area (Å²) in [6.07, 6.45) is 10.5. The van der Waals surface area contributed by atoms with Crippen LogP contribution in [-0.4, -0.2) is 16.0 Å². The maximum Gasteiger partial charge on any atom is 0.144 e. The first-order valence-corrected chi connectivity index (χ1v) is 5.39. The number of anilines is 1. The van der Waals surface area contributed by atoms with Crippen molar-refractivity contribution in [2.75, 3.05) is 5.32 Å². The third-order valence-electron chi connectivity index (χ3n) is 3.01. The topological polar surface area (TPSA) is 37.8 Å². The van der Waals surface area contributed by atoms with Gasteiger partial charge in [-0.25, -0.2) is 4.98 Å². The Hall–Kier alpha value is -1.12. The van der Waals surface area contributed by atoms with Gasteiger partial charge in [0.25, 0.3) is 0 Å². The molecule has 2 atom stereocenters. The highest BCUT2D eigenvalue weighted by molar-refractivity contribution is 5.31. The Morgan fingerprint density at radius 1 is 1.29 bits per heavy atom. The highest BCUT2D eigenvalue weighted by Gasteiger charge is 2.20. The Balaban J connectivity index is 1.96. The molecule has 3 nitrogen and oxygen atoms in total. The van der Waals surface area contributed by atoms with E-state index in [0.717, 1.165) is 11.7 Å². The zero-order valence-corrected chi connectivity index (χ0v) is 8.61. The van der Waals surface area contributed by atoms with Crippen LogP contribution in [0.2, 0.25) is 0 Å². The molecule has 0 radical (unpaired) electrons. The molecule has 1 aliphatic carbocycles. The molecule has 1 heterocycles. The number of nitrogens with one attached hydrogen (secondary N) is 1. The molecule has 0 saturated heterocycles. The van der Waals surface area contributed by atoms with Gasteiger partial charge in [0.15, 0.2) is 0 Å². The summed E-state index contributed by atoms with van der Waals surface area (Å²) in [7, 11) is 0. The fourth-order valence-electron chi connectivity index (χ4n) is 2.09. The molecule has 2 unspecified atom stereocenters. The number of hydrogen-bond acceptors (Lipinski definition) is 3. The van der Waals surface area contributed by atoms with Crippen LogP contribution in [0.15, 0.2) is 18.6 Å². The fourth-order valence-corrected chi connectivity index (χ4v) is 2.09. The summed E-state index contributed by atoms with van der Waals surface area (Å²) in [5, 5.41) is 3.46. The SMILES string of the molecule is CC1CCCCC1Nc1cnccn1. The first kappa shape index (κ1) is 9.44. The van der Waals surface area contributed by atoms with Gasteiger partial charge >= 0.3 is 0 Å². The first-order chi connectivity index (χ1) is 6.86. The van der Waals surface area contributed by atoms with Gasteiger partial charge in [-0.1, -0.05) is 19.8 Å². The van der Waals surface area contributed by atoms with Gasteiger partial charge in [0.2, 0.25) is 0 Å². The zero-order valence-electron chi connectivity index (χ0n) is 8.61. The van der Waals surface area contributed by atoms with Crippen molar-refractivity contribution in [3.8, 4) is 0 Å². The maximum absolute atomic E-state index is 4.23. The van der Waals surface area contributed by atoms with Gasteiger partial charge in [0.05, 0.1) is 6.20 Å². The average Bonchev–Trinajstić information content (AvgIpc) is 2.23. The van der Waals surface area contributed by atoms with Gasteiger partial charge < -0.3 is 5.32 Å². The van der Waals surface area contributed by atoms with Crippen LogP contribution in [0.25, 0.3) is 0 Å². The second-order valence-corrected chi connectivity index (χ2v) is 4.10. The van der Waals surface area contributed by atoms with E-state index in [0.29, 0.717) is 6.04 Å². The maximum atomic E-state index is 4.23. The van der Waals surface area contributed by atoms with Crippen molar-refractivity contribution in [1.82, 2.24) is 9.97 Å². The molecule has 1 aliphatic rings. The third-order valence-corrected chi connectivity index (χ3v) is 3.01. The molecule has 0 spiro atoms. The molecule has 1 N–H and O–H groups in total. The van der Waals surface area contributed by atoms with Gasteiger partial charge in [-0.05, 0) is 18.8 Å². The molecule has 76 valence electrons. The lowest BCUT2D eigenvalue weighted by Gasteiger charge is -2.29. The molecule has 0 aliphatic heterocycles. The van der Waals surface area contributed by atoms with Crippen LogP contribution in [0, 0.1) is 5.92 Å². The lowest BCUT2D eigenvalue weighted by molar-refractivity contribution is 0.349. The van der Waals surface area contributed by atoms with Crippen LogP contribution in [0.3, 0.4) is 0 Å². The van der Waals surface area contributed by atoms with Crippen molar-refractivity contribution in [1.29, 1.82) is 0 Å². The summed E-state index contributed by atoms with van der Waals surface area (Å²) in [5.41, 5.74) is 0. The molecule has 1 fully saturated rings. The van der Waals surface area contributed by atoms with Gasteiger partial charge in [-0.2, -0.15) is 0 Å². The minimum absolute atomic E-state index is 0.584. The van der Waals surface area contributed by atoms with E-state index in [1.807, 2.05) is 0 Å². The largest absolute Gasteiger partial charge is 0.366 e. The Labute approximate surface area is 85.0 Å². The summed E-state index contributed by atoms with van der Waals surface area (Å²) < 4.78 is 0. The Bertz CT molecular complexity index is 273. The molecule has 14 heavy (non-hydrogen) atoms. The summed E-state index contributed by atoms with van der Waals surface area (Å²) >= 11 is 0. The van der Waals surface area contributed by atoms with Crippen LogP contribution in [0.4, 0.5) is 5.82 Å². The first-order valence-electron chi connectivity index (χ1n) is 5.39. The molecule has 0 aromatic carbocycles. The van der Waals surface area contributed by atoms with E-state index in [2.05, 4.69) is 22.2 Å². The number of aromatic nitrogens is 2. The molecule has 0 bridgehead atoms. The highest BCUT2D eigenvalue weighted by Crippen LogP contribution is 2.25. The summed E-state index contributed by atoms with van der Waals surface area (Å²) in [6.45, 7) is 2.31. The summed E-state index contributed by atoms with van der Waals surface area (Å²) in [4.78, 5) is 8.28. The molecule has 0 amide bonds. The number of nitrogens with zero attached hydrogens (tertiary/aromatic N) is 2. The van der Waals surface area contributed by atoms with E-state index >= 15 is 0 Å². The van der Waals surface area contributed by atoms with Crippen molar-refractivity contribution < 1.29 is 0 Å². The lowest BCUT2D eigenvalue weighted by Crippen LogP contribution is -2.30. The van der Waals surface area contributed by atoms with Crippen molar-refractivity contribution in [3.05, 3.63) is 18.6 Å². The molecule has 1 saturated carbocycles.